The van der Waals surface area contributed by atoms with E-state index < -0.39 is 0 Å². The molecule has 1 heterocycles. The first kappa shape index (κ1) is 12.7. The molecule has 24 heavy (non-hydrogen) atoms. The molecular formula is C23H17N. The van der Waals surface area contributed by atoms with Crippen LogP contribution in [0.5, 0.6) is 0 Å². The number of nitrogens with zero attached hydrogens (tertiary/aromatic N) is 1. The van der Waals surface area contributed by atoms with Crippen LogP contribution in [0.25, 0.3) is 10.8 Å². The first-order chi connectivity index (χ1) is 11.8. The molecule has 1 nitrogen and oxygen atoms in total. The molecule has 0 saturated heterocycles. The number of hydrogen-bond acceptors (Lipinski definition) is 1. The molecule has 114 valence electrons. The number of para-hydroxylation sites is 1. The van der Waals surface area contributed by atoms with Gasteiger partial charge in [0.25, 0.3) is 0 Å². The Kier molecular flexibility index (Phi) is 2.25. The Morgan fingerprint density at radius 1 is 0.958 bits per heavy atom. The van der Waals surface area contributed by atoms with Crippen molar-refractivity contribution in [1.82, 2.24) is 0 Å². The van der Waals surface area contributed by atoms with Gasteiger partial charge in [0.15, 0.2) is 0 Å². The van der Waals surface area contributed by atoms with Gasteiger partial charge < -0.3 is 0 Å². The van der Waals surface area contributed by atoms with Crippen LogP contribution in [0.3, 0.4) is 0 Å². The Labute approximate surface area is 141 Å². The van der Waals surface area contributed by atoms with E-state index in [4.69, 9.17) is 4.99 Å². The Balaban J connectivity index is 1.83. The molecule has 3 aliphatic rings. The van der Waals surface area contributed by atoms with Crippen LogP contribution in [-0.4, -0.2) is 5.71 Å². The topological polar surface area (TPSA) is 12.4 Å². The second-order valence-corrected chi connectivity index (χ2v) is 7.17. The molecule has 0 bridgehead atoms. The van der Waals surface area contributed by atoms with E-state index in [0.29, 0.717) is 11.8 Å². The summed E-state index contributed by atoms with van der Waals surface area (Å²) in [6, 6.07) is 17.9. The highest BCUT2D eigenvalue weighted by atomic mass is 14.8. The first-order valence-electron chi connectivity index (χ1n) is 8.72. The standard InChI is InChI=1S/C23H17N/c1-13-9-10-15-12-11-14-5-4-7-17-20(14)21(15)19(13)22-16-6-2-3-8-18(16)24-23(17)22/h2-4,6-12,17,22H,5H2,1H3. The molecule has 0 fully saturated rings. The maximum atomic E-state index is 5.09. The summed E-state index contributed by atoms with van der Waals surface area (Å²) >= 11 is 0. The third-order valence-electron chi connectivity index (χ3n) is 5.95. The van der Waals surface area contributed by atoms with Gasteiger partial charge in [0.1, 0.15) is 0 Å². The monoisotopic (exact) mass is 307 g/mol. The van der Waals surface area contributed by atoms with Crippen molar-refractivity contribution < 1.29 is 0 Å². The van der Waals surface area contributed by atoms with E-state index >= 15 is 0 Å². The van der Waals surface area contributed by atoms with Crippen molar-refractivity contribution in [2.24, 2.45) is 4.99 Å². The smallest absolute Gasteiger partial charge is 0.0671 e. The zero-order valence-corrected chi connectivity index (χ0v) is 13.6. The van der Waals surface area contributed by atoms with Gasteiger partial charge >= 0.3 is 0 Å². The van der Waals surface area contributed by atoms with Gasteiger partial charge in [0, 0.05) is 11.6 Å². The summed E-state index contributed by atoms with van der Waals surface area (Å²) in [5.74, 6) is 0.657. The lowest BCUT2D eigenvalue weighted by Crippen LogP contribution is -2.26. The van der Waals surface area contributed by atoms with Crippen molar-refractivity contribution >= 4 is 22.2 Å². The Bertz CT molecular complexity index is 1100. The van der Waals surface area contributed by atoms with Crippen LogP contribution in [-0.2, 0) is 6.42 Å². The second kappa shape index (κ2) is 4.24. The van der Waals surface area contributed by atoms with Crippen molar-refractivity contribution in [3.05, 3.63) is 88.5 Å². The average Bonchev–Trinajstić information content (AvgIpc) is 3.01. The summed E-state index contributed by atoms with van der Waals surface area (Å²) in [7, 11) is 0. The first-order valence-corrected chi connectivity index (χ1v) is 8.72. The molecule has 6 rings (SSSR count). The van der Waals surface area contributed by atoms with E-state index in [9.17, 15) is 0 Å². The van der Waals surface area contributed by atoms with E-state index in [0.717, 1.165) is 12.1 Å². The van der Waals surface area contributed by atoms with Crippen LogP contribution in [0.2, 0.25) is 0 Å². The quantitative estimate of drug-likeness (QED) is 0.481. The van der Waals surface area contributed by atoms with Gasteiger partial charge in [-0.15, -0.1) is 0 Å². The summed E-state index contributed by atoms with van der Waals surface area (Å²) in [4.78, 5) is 5.09. The van der Waals surface area contributed by atoms with Gasteiger partial charge in [0.05, 0.1) is 11.6 Å². The van der Waals surface area contributed by atoms with Crippen molar-refractivity contribution in [1.29, 1.82) is 0 Å². The molecule has 0 amide bonds. The van der Waals surface area contributed by atoms with Crippen molar-refractivity contribution in [2.75, 3.05) is 0 Å². The number of rotatable bonds is 0. The van der Waals surface area contributed by atoms with Gasteiger partial charge in [-0.25, -0.2) is 0 Å². The molecule has 2 aliphatic carbocycles. The maximum absolute atomic E-state index is 5.09. The van der Waals surface area contributed by atoms with Crippen LogP contribution >= 0.6 is 0 Å². The molecular weight excluding hydrogens is 290 g/mol. The van der Waals surface area contributed by atoms with Crippen molar-refractivity contribution in [3.8, 4) is 0 Å². The number of aryl methyl sites for hydroxylation is 1. The lowest BCUT2D eigenvalue weighted by molar-refractivity contribution is 0.951. The number of aliphatic imine (C=N–C) groups is 1. The molecule has 2 atom stereocenters. The molecule has 0 N–H and O–H groups in total. The lowest BCUT2D eigenvalue weighted by atomic mass is 9.68. The molecule has 2 unspecified atom stereocenters. The molecule has 0 spiro atoms. The fourth-order valence-corrected chi connectivity index (χ4v) is 4.95. The maximum Gasteiger partial charge on any atom is 0.0671 e. The predicted octanol–water partition coefficient (Wildman–Crippen LogP) is 5.58. The van der Waals surface area contributed by atoms with E-state index in [1.807, 2.05) is 0 Å². The third kappa shape index (κ3) is 1.39. The van der Waals surface area contributed by atoms with Crippen LogP contribution in [0.4, 0.5) is 5.69 Å². The predicted molar refractivity (Wildman–Crippen MR) is 99.7 cm³/mol. The Morgan fingerprint density at radius 3 is 2.79 bits per heavy atom. The summed E-state index contributed by atoms with van der Waals surface area (Å²) in [6.07, 6.45) is 5.74. The van der Waals surface area contributed by atoms with E-state index in [1.165, 1.54) is 44.3 Å². The fraction of sp³-hybridized carbons (Fsp3) is 0.174. The Morgan fingerprint density at radius 2 is 1.83 bits per heavy atom. The Hall–Kier alpha value is -2.67. The molecule has 1 heteroatoms. The third-order valence-corrected chi connectivity index (χ3v) is 5.95. The summed E-state index contributed by atoms with van der Waals surface area (Å²) < 4.78 is 0. The zero-order valence-electron chi connectivity index (χ0n) is 13.6. The highest BCUT2D eigenvalue weighted by Gasteiger charge is 2.41. The summed E-state index contributed by atoms with van der Waals surface area (Å²) in [5, 5.41) is 2.86. The second-order valence-electron chi connectivity index (χ2n) is 7.17. The highest BCUT2D eigenvalue weighted by Crippen LogP contribution is 2.53. The van der Waals surface area contributed by atoms with E-state index in [2.05, 4.69) is 67.6 Å². The summed E-state index contributed by atoms with van der Waals surface area (Å²) in [6.45, 7) is 2.26. The molecule has 0 radical (unpaired) electrons. The minimum Gasteiger partial charge on any atom is -0.256 e. The minimum atomic E-state index is 0.320. The molecule has 3 aromatic rings. The fourth-order valence-electron chi connectivity index (χ4n) is 4.95. The lowest BCUT2D eigenvalue weighted by Gasteiger charge is -2.34. The minimum absolute atomic E-state index is 0.320. The number of benzene rings is 3. The van der Waals surface area contributed by atoms with Crippen LogP contribution in [0.15, 0.2) is 65.7 Å². The number of hydrogen-bond donors (Lipinski definition) is 0. The summed E-state index contributed by atoms with van der Waals surface area (Å²) in [5.41, 5.74) is 9.71. The van der Waals surface area contributed by atoms with Crippen LogP contribution < -0.4 is 0 Å². The van der Waals surface area contributed by atoms with E-state index in [-0.39, 0.29) is 0 Å². The van der Waals surface area contributed by atoms with Crippen LogP contribution in [0, 0.1) is 6.92 Å². The molecule has 0 aromatic heterocycles. The van der Waals surface area contributed by atoms with E-state index in [1.54, 1.807) is 0 Å². The van der Waals surface area contributed by atoms with Gasteiger partial charge in [-0.05, 0) is 58.0 Å². The molecule has 0 saturated carbocycles. The van der Waals surface area contributed by atoms with Gasteiger partial charge in [0.2, 0.25) is 0 Å². The highest BCUT2D eigenvalue weighted by molar-refractivity contribution is 6.14. The van der Waals surface area contributed by atoms with Gasteiger partial charge in [-0.1, -0.05) is 54.6 Å². The number of allylic oxidation sites excluding steroid dienone is 2. The zero-order chi connectivity index (χ0) is 15.8. The van der Waals surface area contributed by atoms with Crippen LogP contribution in [0.1, 0.15) is 39.7 Å². The van der Waals surface area contributed by atoms with Gasteiger partial charge in [-0.2, -0.15) is 0 Å². The molecule has 1 aliphatic heterocycles. The van der Waals surface area contributed by atoms with Crippen molar-refractivity contribution in [3.63, 3.8) is 0 Å². The van der Waals surface area contributed by atoms with Crippen molar-refractivity contribution in [2.45, 2.75) is 25.2 Å². The SMILES string of the molecule is Cc1ccc2ccc3c4c2c1C1C(=Nc2ccccc21)C4C=CC3. The normalized spacial score (nSPS) is 22.3. The average molecular weight is 307 g/mol. The number of fused-ring (bicyclic) bond motifs is 5. The van der Waals surface area contributed by atoms with Gasteiger partial charge in [-0.3, -0.25) is 4.99 Å². The largest absolute Gasteiger partial charge is 0.256 e. The molecule has 3 aromatic carbocycles.